The molecule has 0 amide bonds. The molecule has 0 aliphatic carbocycles. The largest absolute Gasteiger partial charge is 0.481 e. The minimum atomic E-state index is -0.726. The third-order valence-electron chi connectivity index (χ3n) is 2.42. The summed E-state index contributed by atoms with van der Waals surface area (Å²) in [5.74, 6) is 1.89. The molecule has 78 valence electrons. The van der Waals surface area contributed by atoms with E-state index >= 15 is 0 Å². The molecule has 0 aromatic carbocycles. The summed E-state index contributed by atoms with van der Waals surface area (Å²) in [6.45, 7) is 5.10. The van der Waals surface area contributed by atoms with Crippen LogP contribution < -0.4 is 0 Å². The monoisotopic (exact) mass is 196 g/mol. The first-order chi connectivity index (χ1) is 6.72. The minimum absolute atomic E-state index is 0.231. The Hall–Kier alpha value is -1.05. The smallest absolute Gasteiger partial charge is 0.304 e. The van der Waals surface area contributed by atoms with Gasteiger partial charge in [-0.3, -0.25) is 9.69 Å². The zero-order valence-electron chi connectivity index (χ0n) is 8.28. The number of aliphatic carboxylic acids is 1. The van der Waals surface area contributed by atoms with Gasteiger partial charge in [-0.1, -0.05) is 5.92 Å². The van der Waals surface area contributed by atoms with Gasteiger partial charge in [0.25, 0.3) is 0 Å². The highest BCUT2D eigenvalue weighted by Gasteiger charge is 2.15. The van der Waals surface area contributed by atoms with Crippen molar-refractivity contribution in [3.05, 3.63) is 0 Å². The highest BCUT2D eigenvalue weighted by molar-refractivity contribution is 5.66. The van der Waals surface area contributed by atoms with Crippen LogP contribution in [0.4, 0.5) is 0 Å². The summed E-state index contributed by atoms with van der Waals surface area (Å²) in [5, 5.41) is 8.52. The maximum Gasteiger partial charge on any atom is 0.304 e. The third kappa shape index (κ3) is 3.77. The molecular weight excluding hydrogens is 180 g/mol. The molecule has 0 atom stereocenters. The molecule has 4 heteroatoms. The first kappa shape index (κ1) is 11.0. The van der Waals surface area contributed by atoms with E-state index in [1.54, 1.807) is 0 Å². The average Bonchev–Trinajstić information content (AvgIpc) is 2.17. The third-order valence-corrected chi connectivity index (χ3v) is 2.42. The second kappa shape index (κ2) is 5.63. The van der Waals surface area contributed by atoms with Gasteiger partial charge in [-0.25, -0.2) is 0 Å². The van der Waals surface area contributed by atoms with Crippen molar-refractivity contribution in [1.29, 1.82) is 0 Å². The van der Waals surface area contributed by atoms with E-state index in [2.05, 4.69) is 15.7 Å². The van der Waals surface area contributed by atoms with Gasteiger partial charge in [0.05, 0.1) is 13.0 Å². The van der Waals surface area contributed by atoms with Gasteiger partial charge in [0.1, 0.15) is 0 Å². The molecule has 1 rings (SSSR count). The van der Waals surface area contributed by atoms with Crippen LogP contribution in [0.5, 0.6) is 0 Å². The van der Waals surface area contributed by atoms with Crippen molar-refractivity contribution in [3.8, 4) is 12.3 Å². The number of rotatable bonds is 4. The van der Waals surface area contributed by atoms with Crippen molar-refractivity contribution in [2.45, 2.75) is 6.42 Å². The van der Waals surface area contributed by atoms with Gasteiger partial charge >= 0.3 is 5.97 Å². The predicted octanol–water partition coefficient (Wildman–Crippen LogP) is -0.288. The van der Waals surface area contributed by atoms with Crippen molar-refractivity contribution in [2.24, 2.45) is 0 Å². The van der Waals surface area contributed by atoms with E-state index in [0.717, 1.165) is 26.2 Å². The van der Waals surface area contributed by atoms with Crippen LogP contribution in [0.3, 0.4) is 0 Å². The van der Waals surface area contributed by atoms with E-state index in [4.69, 9.17) is 11.5 Å². The van der Waals surface area contributed by atoms with Crippen molar-refractivity contribution in [2.75, 3.05) is 39.3 Å². The Balaban J connectivity index is 2.16. The van der Waals surface area contributed by atoms with Gasteiger partial charge < -0.3 is 10.0 Å². The lowest BCUT2D eigenvalue weighted by Gasteiger charge is -2.33. The number of hydrogen-bond donors (Lipinski definition) is 1. The van der Waals surface area contributed by atoms with Gasteiger partial charge in [0, 0.05) is 32.7 Å². The zero-order chi connectivity index (χ0) is 10.4. The summed E-state index contributed by atoms with van der Waals surface area (Å²) in [4.78, 5) is 14.7. The fourth-order valence-corrected chi connectivity index (χ4v) is 1.55. The van der Waals surface area contributed by atoms with Crippen LogP contribution in [0.15, 0.2) is 0 Å². The molecule has 1 saturated heterocycles. The van der Waals surface area contributed by atoms with Gasteiger partial charge in [-0.2, -0.15) is 0 Å². The molecule has 1 aliphatic rings. The Morgan fingerprint density at radius 1 is 1.29 bits per heavy atom. The summed E-state index contributed by atoms with van der Waals surface area (Å²) in [6, 6.07) is 0. The Morgan fingerprint density at radius 2 is 1.86 bits per heavy atom. The second-order valence-corrected chi connectivity index (χ2v) is 3.47. The lowest BCUT2D eigenvalue weighted by atomic mass is 10.3. The van der Waals surface area contributed by atoms with Crippen molar-refractivity contribution < 1.29 is 9.90 Å². The molecule has 1 fully saturated rings. The van der Waals surface area contributed by atoms with Crippen LogP contribution in [0.25, 0.3) is 0 Å². The molecule has 0 saturated carbocycles. The summed E-state index contributed by atoms with van der Waals surface area (Å²) >= 11 is 0. The lowest BCUT2D eigenvalue weighted by molar-refractivity contribution is -0.137. The van der Waals surface area contributed by atoms with Gasteiger partial charge in [0.2, 0.25) is 0 Å². The quantitative estimate of drug-likeness (QED) is 0.628. The van der Waals surface area contributed by atoms with E-state index in [-0.39, 0.29) is 6.42 Å². The predicted molar refractivity (Wildman–Crippen MR) is 54.0 cm³/mol. The molecule has 1 aliphatic heterocycles. The zero-order valence-corrected chi connectivity index (χ0v) is 8.28. The Bertz CT molecular complexity index is 227. The number of nitrogens with zero attached hydrogens (tertiary/aromatic N) is 2. The Kier molecular flexibility index (Phi) is 4.44. The standard InChI is InChI=1S/C10H16N2O2/c1-2-4-11-6-8-12(9-7-11)5-3-10(13)14/h1H,3-9H2,(H,13,14). The minimum Gasteiger partial charge on any atom is -0.481 e. The van der Waals surface area contributed by atoms with Crippen LogP contribution in [-0.2, 0) is 4.79 Å². The van der Waals surface area contributed by atoms with Crippen molar-refractivity contribution in [3.63, 3.8) is 0 Å². The topological polar surface area (TPSA) is 43.8 Å². The van der Waals surface area contributed by atoms with Crippen molar-refractivity contribution in [1.82, 2.24) is 9.80 Å². The summed E-state index contributed by atoms with van der Waals surface area (Å²) in [6.07, 6.45) is 5.44. The van der Waals surface area contributed by atoms with E-state index in [9.17, 15) is 4.79 Å². The summed E-state index contributed by atoms with van der Waals surface area (Å²) in [7, 11) is 0. The maximum atomic E-state index is 10.3. The van der Waals surface area contributed by atoms with Crippen LogP contribution in [0.2, 0.25) is 0 Å². The fourth-order valence-electron chi connectivity index (χ4n) is 1.55. The Labute approximate surface area is 84.5 Å². The molecule has 1 heterocycles. The number of carbonyl (C=O) groups is 1. The lowest BCUT2D eigenvalue weighted by Crippen LogP contribution is -2.46. The number of piperazine rings is 1. The number of carboxylic acids is 1. The van der Waals surface area contributed by atoms with E-state index in [0.29, 0.717) is 13.1 Å². The first-order valence-electron chi connectivity index (χ1n) is 4.82. The Morgan fingerprint density at radius 3 is 2.36 bits per heavy atom. The molecule has 14 heavy (non-hydrogen) atoms. The number of hydrogen-bond acceptors (Lipinski definition) is 3. The highest BCUT2D eigenvalue weighted by Crippen LogP contribution is 2.01. The molecule has 0 bridgehead atoms. The van der Waals surface area contributed by atoms with Crippen LogP contribution >= 0.6 is 0 Å². The molecule has 0 radical (unpaired) electrons. The molecule has 0 spiro atoms. The van der Waals surface area contributed by atoms with Crippen molar-refractivity contribution >= 4 is 5.97 Å². The van der Waals surface area contributed by atoms with E-state index < -0.39 is 5.97 Å². The molecule has 1 N–H and O–H groups in total. The fraction of sp³-hybridized carbons (Fsp3) is 0.700. The van der Waals surface area contributed by atoms with Gasteiger partial charge in [-0.15, -0.1) is 6.42 Å². The summed E-state index contributed by atoms with van der Waals surface area (Å²) in [5.41, 5.74) is 0. The SMILES string of the molecule is C#CCN1CCN(CCC(=O)O)CC1. The van der Waals surface area contributed by atoms with Crippen LogP contribution in [0.1, 0.15) is 6.42 Å². The highest BCUT2D eigenvalue weighted by atomic mass is 16.4. The number of carboxylic acid groups (broad SMARTS) is 1. The molecule has 0 unspecified atom stereocenters. The van der Waals surface area contributed by atoms with Gasteiger partial charge in [0.15, 0.2) is 0 Å². The van der Waals surface area contributed by atoms with Crippen LogP contribution in [0, 0.1) is 12.3 Å². The maximum absolute atomic E-state index is 10.3. The average molecular weight is 196 g/mol. The summed E-state index contributed by atoms with van der Waals surface area (Å²) < 4.78 is 0. The molecule has 0 aromatic heterocycles. The van der Waals surface area contributed by atoms with Crippen LogP contribution in [-0.4, -0.2) is 60.1 Å². The van der Waals surface area contributed by atoms with E-state index in [1.165, 1.54) is 0 Å². The van der Waals surface area contributed by atoms with Gasteiger partial charge in [-0.05, 0) is 0 Å². The second-order valence-electron chi connectivity index (χ2n) is 3.47. The normalized spacial score (nSPS) is 19.1. The molecule has 4 nitrogen and oxygen atoms in total. The number of terminal acetylenes is 1. The first-order valence-corrected chi connectivity index (χ1v) is 4.82. The van der Waals surface area contributed by atoms with E-state index in [1.807, 2.05) is 0 Å². The molecular formula is C10H16N2O2. The molecule has 0 aromatic rings.